The number of hydrogen-bond donors (Lipinski definition) is 12. The van der Waals surface area contributed by atoms with Crippen LogP contribution in [0, 0.1) is 0 Å². The third kappa shape index (κ3) is 46.0. The van der Waals surface area contributed by atoms with Crippen LogP contribution < -0.4 is 5.32 Å². The maximum absolute atomic E-state index is 13.5. The van der Waals surface area contributed by atoms with Crippen molar-refractivity contribution in [1.82, 2.24) is 5.32 Å². The second kappa shape index (κ2) is 67.2. The fraction of sp³-hybridized carbons (Fsp3) is 0.719. The van der Waals surface area contributed by atoms with Gasteiger partial charge >= 0.3 is 0 Å². The molecule has 0 aliphatic carbocycles. The van der Waals surface area contributed by atoms with Crippen molar-refractivity contribution in [3.63, 3.8) is 0 Å². The second-order valence-corrected chi connectivity index (χ2v) is 29.2. The molecule has 0 bridgehead atoms. The first-order valence-electron chi connectivity index (χ1n) is 42.1. The van der Waals surface area contributed by atoms with E-state index >= 15 is 0 Å². The van der Waals surface area contributed by atoms with E-state index in [0.29, 0.717) is 12.8 Å². The lowest BCUT2D eigenvalue weighted by Gasteiger charge is -2.48. The molecule has 12 N–H and O–H groups in total. The minimum absolute atomic E-state index is 0.217. The molecule has 19 nitrogen and oxygen atoms in total. The molecule has 0 spiro atoms. The lowest BCUT2D eigenvalue weighted by atomic mass is 9.96. The van der Waals surface area contributed by atoms with E-state index in [1.807, 2.05) is 6.08 Å². The molecule has 1 amide bonds. The van der Waals surface area contributed by atoms with Gasteiger partial charge in [0.1, 0.15) is 73.2 Å². The van der Waals surface area contributed by atoms with Gasteiger partial charge in [0.05, 0.1) is 38.6 Å². The van der Waals surface area contributed by atoms with Crippen LogP contribution in [0.4, 0.5) is 0 Å². The quantitative estimate of drug-likeness (QED) is 0.0199. The van der Waals surface area contributed by atoms with Crippen LogP contribution in [0.1, 0.15) is 277 Å². The molecule has 0 aromatic heterocycles. The molecule has 3 aliphatic rings. The summed E-state index contributed by atoms with van der Waals surface area (Å²) in [6.45, 7) is 1.61. The Morgan fingerprint density at radius 2 is 0.648 bits per heavy atom. The topological polar surface area (TPSA) is 307 Å². The largest absolute Gasteiger partial charge is 0.394 e. The number of hydrogen-bond acceptors (Lipinski definition) is 18. The Morgan fingerprint density at radius 1 is 0.343 bits per heavy atom. The highest BCUT2D eigenvalue weighted by Crippen LogP contribution is 2.33. The summed E-state index contributed by atoms with van der Waals surface area (Å²) in [6.07, 6.45) is 71.1. The van der Waals surface area contributed by atoms with Crippen molar-refractivity contribution in [2.75, 3.05) is 26.4 Å². The van der Waals surface area contributed by atoms with Crippen molar-refractivity contribution in [2.24, 2.45) is 0 Å². The van der Waals surface area contributed by atoms with E-state index in [0.717, 1.165) is 128 Å². The molecule has 3 heterocycles. The van der Waals surface area contributed by atoms with E-state index in [1.54, 1.807) is 6.08 Å². The average molecular weight is 1520 g/mol. The Balaban J connectivity index is 1.37. The van der Waals surface area contributed by atoms with Crippen LogP contribution in [-0.4, -0.2) is 193 Å². The molecule has 3 rings (SSSR count). The number of ether oxygens (including phenoxy) is 6. The van der Waals surface area contributed by atoms with E-state index in [1.165, 1.54) is 116 Å². The SMILES string of the molecule is CC/C=C\C/C=C\C/C=C\C/C=C\C/C=C\C/C=C\C/C=C\C/C=C\C/C=C\C/C=C\CCCCCCCCCCC(=O)NC(COC1OC(CO)C(OC2OC(CO)C(OC3OC(CO)C(O)C(O)C3O)C(O)C2O)C(O)C1O)C(O)/C=C/CC/C=C/CCCCCCCCCCCCCCCCCCCC. The van der Waals surface area contributed by atoms with Crippen molar-refractivity contribution >= 4 is 5.91 Å². The van der Waals surface area contributed by atoms with Crippen LogP contribution in [0.25, 0.3) is 0 Å². The molecule has 3 saturated heterocycles. The van der Waals surface area contributed by atoms with Gasteiger partial charge in [-0.25, -0.2) is 0 Å². The fourth-order valence-corrected chi connectivity index (χ4v) is 13.2. The number of amides is 1. The predicted octanol–water partition coefficient (Wildman–Crippen LogP) is 15.0. The minimum atomic E-state index is -1.99. The number of unbranched alkanes of at least 4 members (excludes halogenated alkanes) is 27. The zero-order valence-corrected chi connectivity index (χ0v) is 66.3. The molecule has 0 aromatic rings. The standard InChI is InChI=1S/C89H149NO18/c1-3-5-7-9-11-13-15-17-19-21-23-25-27-29-30-31-32-33-34-35-36-37-38-39-40-41-42-43-45-47-49-51-53-55-57-59-61-63-65-67-77(95)90-72(73(94)66-64-62-60-58-56-54-52-50-48-46-44-28-26-24-22-20-18-16-14-12-10-8-6-4-2)71-103-87-83(101)80(98)85(75(69-92)105-87)108-89-84(102)81(99)86(76(70-93)106-89)107-88-82(100)79(97)78(96)74(68-91)104-88/h5,7,11,13,17,19,23,25,29-30,32-33,35-36,38-39,41-42,45,47,56,58,64,66,72-76,78-89,91-94,96-102H,3-4,6,8-10,12,14-16,18,20-22,24,26-28,31,34,37,40,43-44,46,48-55,57,59-63,65,67-71H2,1-2H3,(H,90,95)/b7-5-,13-11-,19-17-,25-23-,30-29-,33-32-,36-35-,39-38-,42-41-,47-45-,58-56+,66-64+. The number of rotatable bonds is 65. The first-order valence-corrected chi connectivity index (χ1v) is 42.1. The van der Waals surface area contributed by atoms with Crippen LogP contribution in [0.15, 0.2) is 146 Å². The van der Waals surface area contributed by atoms with Gasteiger partial charge in [0.2, 0.25) is 5.91 Å². The van der Waals surface area contributed by atoms with E-state index in [4.69, 9.17) is 28.4 Å². The average Bonchev–Trinajstić information content (AvgIpc) is 0.775. The minimum Gasteiger partial charge on any atom is -0.394 e. The highest BCUT2D eigenvalue weighted by Gasteiger charge is 2.54. The lowest BCUT2D eigenvalue weighted by molar-refractivity contribution is -0.379. The van der Waals surface area contributed by atoms with Gasteiger partial charge in [-0.05, 0) is 109 Å². The van der Waals surface area contributed by atoms with Gasteiger partial charge < -0.3 is 89.9 Å². The summed E-state index contributed by atoms with van der Waals surface area (Å²) in [5.74, 6) is -0.298. The van der Waals surface area contributed by atoms with Crippen molar-refractivity contribution in [3.05, 3.63) is 146 Å². The molecule has 108 heavy (non-hydrogen) atoms. The Bertz CT molecular complexity index is 2520. The summed E-state index contributed by atoms with van der Waals surface area (Å²) in [7, 11) is 0. The highest BCUT2D eigenvalue weighted by molar-refractivity contribution is 5.76. The molecule has 17 atom stereocenters. The fourth-order valence-electron chi connectivity index (χ4n) is 13.2. The molecule has 19 heteroatoms. The first-order chi connectivity index (χ1) is 52.8. The number of allylic oxidation sites excluding steroid dienone is 23. The van der Waals surface area contributed by atoms with Crippen molar-refractivity contribution in [3.8, 4) is 0 Å². The Hall–Kier alpha value is -4.33. The molecular weight excluding hydrogens is 1370 g/mol. The van der Waals surface area contributed by atoms with Gasteiger partial charge in [0.15, 0.2) is 18.9 Å². The lowest BCUT2D eigenvalue weighted by Crippen LogP contribution is -2.66. The second-order valence-electron chi connectivity index (χ2n) is 29.2. The number of carbonyl (C=O) groups excluding carboxylic acids is 1. The van der Waals surface area contributed by atoms with E-state index in [-0.39, 0.29) is 18.9 Å². The number of carbonyl (C=O) groups is 1. The molecular formula is C89H149NO18. The van der Waals surface area contributed by atoms with Gasteiger partial charge in [-0.1, -0.05) is 307 Å². The van der Waals surface area contributed by atoms with E-state index in [2.05, 4.69) is 153 Å². The van der Waals surface area contributed by atoms with Crippen molar-refractivity contribution in [2.45, 2.75) is 381 Å². The number of aliphatic hydroxyl groups excluding tert-OH is 11. The normalized spacial score (nSPS) is 26.2. The monoisotopic (exact) mass is 1520 g/mol. The van der Waals surface area contributed by atoms with Crippen LogP contribution in [-0.2, 0) is 33.2 Å². The molecule has 17 unspecified atom stereocenters. The number of nitrogens with one attached hydrogen (secondary N) is 1. The maximum Gasteiger partial charge on any atom is 0.220 e. The van der Waals surface area contributed by atoms with Crippen molar-refractivity contribution in [1.29, 1.82) is 0 Å². The van der Waals surface area contributed by atoms with Gasteiger partial charge in [-0.3, -0.25) is 4.79 Å². The van der Waals surface area contributed by atoms with E-state index < -0.39 is 124 Å². The summed E-state index contributed by atoms with van der Waals surface area (Å²) in [5.41, 5.74) is 0. The van der Waals surface area contributed by atoms with Crippen LogP contribution in [0.3, 0.4) is 0 Å². The van der Waals surface area contributed by atoms with Gasteiger partial charge in [-0.2, -0.15) is 0 Å². The summed E-state index contributed by atoms with van der Waals surface area (Å²) in [6, 6.07) is -1.01. The molecule has 0 radical (unpaired) electrons. The van der Waals surface area contributed by atoms with Gasteiger partial charge in [0, 0.05) is 6.42 Å². The summed E-state index contributed by atoms with van der Waals surface area (Å²) >= 11 is 0. The third-order valence-electron chi connectivity index (χ3n) is 19.9. The number of aliphatic hydroxyl groups is 11. The summed E-state index contributed by atoms with van der Waals surface area (Å²) in [5, 5.41) is 121. The summed E-state index contributed by atoms with van der Waals surface area (Å²) < 4.78 is 34.4. The Morgan fingerprint density at radius 3 is 1.04 bits per heavy atom. The van der Waals surface area contributed by atoms with Gasteiger partial charge in [-0.15, -0.1) is 0 Å². The zero-order chi connectivity index (χ0) is 78.1. The predicted molar refractivity (Wildman–Crippen MR) is 433 cm³/mol. The molecule has 3 fully saturated rings. The molecule has 0 saturated carbocycles. The smallest absolute Gasteiger partial charge is 0.220 e. The highest BCUT2D eigenvalue weighted by atomic mass is 16.8. The van der Waals surface area contributed by atoms with Crippen LogP contribution in [0.2, 0.25) is 0 Å². The van der Waals surface area contributed by atoms with Crippen LogP contribution in [0.5, 0.6) is 0 Å². The Labute approximate surface area is 651 Å². The van der Waals surface area contributed by atoms with Gasteiger partial charge in [0.25, 0.3) is 0 Å². The molecule has 3 aliphatic heterocycles. The molecule has 0 aromatic carbocycles. The zero-order valence-electron chi connectivity index (χ0n) is 66.3. The maximum atomic E-state index is 13.5. The van der Waals surface area contributed by atoms with Crippen molar-refractivity contribution < 1.29 is 89.4 Å². The Kier molecular flexibility index (Phi) is 60.9. The summed E-state index contributed by atoms with van der Waals surface area (Å²) in [4.78, 5) is 13.5. The first kappa shape index (κ1) is 97.9. The molecule has 618 valence electrons. The van der Waals surface area contributed by atoms with Crippen LogP contribution >= 0.6 is 0 Å². The third-order valence-corrected chi connectivity index (χ3v) is 19.9. The van der Waals surface area contributed by atoms with E-state index in [9.17, 15) is 61.0 Å².